The molecule has 152 valence electrons. The molecule has 30 heavy (non-hydrogen) atoms. The van der Waals surface area contributed by atoms with Crippen LogP contribution >= 0.6 is 12.2 Å². The molecule has 3 aromatic rings. The fourth-order valence-electron chi connectivity index (χ4n) is 3.62. The lowest BCUT2D eigenvalue weighted by Gasteiger charge is -2.15. The van der Waals surface area contributed by atoms with E-state index in [9.17, 15) is 4.79 Å². The molecule has 0 unspecified atom stereocenters. The van der Waals surface area contributed by atoms with Crippen molar-refractivity contribution in [3.63, 3.8) is 0 Å². The molecular weight excluding hydrogens is 398 g/mol. The van der Waals surface area contributed by atoms with E-state index in [1.54, 1.807) is 32.4 Å². The Kier molecular flexibility index (Phi) is 5.54. The third-order valence-corrected chi connectivity index (χ3v) is 5.24. The van der Waals surface area contributed by atoms with Gasteiger partial charge in [0, 0.05) is 11.6 Å². The molecule has 0 fully saturated rings. The Labute approximate surface area is 180 Å². The summed E-state index contributed by atoms with van der Waals surface area (Å²) in [6.07, 6.45) is 0.735. The normalized spacial score (nSPS) is 11.1. The molecule has 1 aliphatic carbocycles. The van der Waals surface area contributed by atoms with Crippen LogP contribution < -0.4 is 25.6 Å². The zero-order chi connectivity index (χ0) is 21.1. The van der Waals surface area contributed by atoms with Crippen LogP contribution in [-0.4, -0.2) is 25.2 Å². The van der Waals surface area contributed by atoms with Gasteiger partial charge in [0.05, 0.1) is 19.9 Å². The molecule has 1 aliphatic rings. The lowest BCUT2D eigenvalue weighted by atomic mass is 10.0. The van der Waals surface area contributed by atoms with Crippen LogP contribution in [0.5, 0.6) is 11.5 Å². The number of nitrogens with one attached hydrogen (secondary N) is 3. The average molecular weight is 420 g/mol. The molecule has 0 saturated carbocycles. The molecule has 3 N–H and O–H groups in total. The van der Waals surface area contributed by atoms with Gasteiger partial charge in [0.1, 0.15) is 11.5 Å². The van der Waals surface area contributed by atoms with Gasteiger partial charge in [-0.2, -0.15) is 0 Å². The maximum absolute atomic E-state index is 12.8. The Morgan fingerprint density at radius 1 is 0.933 bits per heavy atom. The topological polar surface area (TPSA) is 71.6 Å². The first-order chi connectivity index (χ1) is 14.6. The maximum atomic E-state index is 12.8. The molecule has 0 spiro atoms. The lowest BCUT2D eigenvalue weighted by molar-refractivity contribution is 0.0943. The van der Waals surface area contributed by atoms with E-state index in [-0.39, 0.29) is 11.0 Å². The highest BCUT2D eigenvalue weighted by molar-refractivity contribution is 7.80. The van der Waals surface area contributed by atoms with E-state index < -0.39 is 0 Å². The van der Waals surface area contributed by atoms with Crippen molar-refractivity contribution in [1.29, 1.82) is 0 Å². The van der Waals surface area contributed by atoms with Crippen molar-refractivity contribution in [3.8, 4) is 22.6 Å². The van der Waals surface area contributed by atoms with E-state index in [0.29, 0.717) is 22.7 Å². The number of ether oxygens (including phenoxy) is 2. The van der Waals surface area contributed by atoms with Gasteiger partial charge in [-0.3, -0.25) is 15.6 Å². The summed E-state index contributed by atoms with van der Waals surface area (Å²) in [5.41, 5.74) is 11.2. The molecule has 0 radical (unpaired) electrons. The second-order valence-corrected chi connectivity index (χ2v) is 7.17. The first-order valence-corrected chi connectivity index (χ1v) is 9.81. The van der Waals surface area contributed by atoms with E-state index in [4.69, 9.17) is 21.7 Å². The molecule has 3 aromatic carbocycles. The number of hydrazine groups is 1. The molecule has 4 rings (SSSR count). The van der Waals surface area contributed by atoms with Crippen LogP contribution in [-0.2, 0) is 6.42 Å². The second kappa shape index (κ2) is 8.42. The van der Waals surface area contributed by atoms with E-state index in [1.165, 1.54) is 11.1 Å². The van der Waals surface area contributed by atoms with Gasteiger partial charge in [0.15, 0.2) is 5.11 Å². The molecule has 7 heteroatoms. The van der Waals surface area contributed by atoms with Crippen molar-refractivity contribution in [2.45, 2.75) is 6.42 Å². The third kappa shape index (κ3) is 3.79. The van der Waals surface area contributed by atoms with E-state index in [0.717, 1.165) is 17.5 Å². The van der Waals surface area contributed by atoms with Gasteiger partial charge in [-0.1, -0.05) is 36.4 Å². The van der Waals surface area contributed by atoms with Gasteiger partial charge >= 0.3 is 0 Å². The summed E-state index contributed by atoms with van der Waals surface area (Å²) in [6.45, 7) is 0. The van der Waals surface area contributed by atoms with Gasteiger partial charge in [-0.15, -0.1) is 0 Å². The SMILES string of the molecule is COc1ccc(OC)c(NC(=S)NNC(=O)c2cccc3c2Cc2ccccc2-3)c1. The van der Waals surface area contributed by atoms with Crippen LogP contribution in [0, 0.1) is 0 Å². The van der Waals surface area contributed by atoms with Crippen LogP contribution in [0.4, 0.5) is 5.69 Å². The van der Waals surface area contributed by atoms with Gasteiger partial charge < -0.3 is 14.8 Å². The van der Waals surface area contributed by atoms with Crippen LogP contribution in [0.3, 0.4) is 0 Å². The number of hydrogen-bond acceptors (Lipinski definition) is 4. The lowest BCUT2D eigenvalue weighted by Crippen LogP contribution is -2.44. The highest BCUT2D eigenvalue weighted by Crippen LogP contribution is 2.38. The third-order valence-electron chi connectivity index (χ3n) is 5.04. The van der Waals surface area contributed by atoms with Crippen molar-refractivity contribution >= 4 is 28.9 Å². The minimum absolute atomic E-state index is 0.228. The summed E-state index contributed by atoms with van der Waals surface area (Å²) < 4.78 is 10.6. The Morgan fingerprint density at radius 2 is 1.73 bits per heavy atom. The summed E-state index contributed by atoms with van der Waals surface area (Å²) in [5.74, 6) is 1.01. The highest BCUT2D eigenvalue weighted by atomic mass is 32.1. The quantitative estimate of drug-likeness (QED) is 0.344. The standard InChI is InChI=1S/C23H21N3O3S/c1-28-15-10-11-21(29-2)20(13-15)24-23(30)26-25-22(27)18-9-5-8-17-16-7-4-3-6-14(16)12-19(17)18/h3-11,13H,12H2,1-2H3,(H,25,27)(H2,24,26,30). The fraction of sp³-hybridized carbons (Fsp3) is 0.130. The molecule has 0 heterocycles. The van der Waals surface area contributed by atoms with Crippen molar-refractivity contribution in [3.05, 3.63) is 77.4 Å². The van der Waals surface area contributed by atoms with Crippen molar-refractivity contribution in [2.24, 2.45) is 0 Å². The van der Waals surface area contributed by atoms with Crippen molar-refractivity contribution in [1.82, 2.24) is 10.9 Å². The van der Waals surface area contributed by atoms with Crippen LogP contribution in [0.1, 0.15) is 21.5 Å². The zero-order valence-corrected chi connectivity index (χ0v) is 17.4. The Morgan fingerprint density at radius 3 is 2.53 bits per heavy atom. The number of methoxy groups -OCH3 is 2. The fourth-order valence-corrected chi connectivity index (χ4v) is 3.78. The van der Waals surface area contributed by atoms with Crippen molar-refractivity contribution < 1.29 is 14.3 Å². The highest BCUT2D eigenvalue weighted by Gasteiger charge is 2.23. The van der Waals surface area contributed by atoms with Crippen LogP contribution in [0.15, 0.2) is 60.7 Å². The van der Waals surface area contributed by atoms with Crippen LogP contribution in [0.2, 0.25) is 0 Å². The number of carbonyl (C=O) groups is 1. The monoisotopic (exact) mass is 419 g/mol. The molecule has 0 bridgehead atoms. The summed E-state index contributed by atoms with van der Waals surface area (Å²) in [6, 6.07) is 19.3. The first-order valence-electron chi connectivity index (χ1n) is 9.40. The number of fused-ring (bicyclic) bond motifs is 3. The predicted octanol–water partition coefficient (Wildman–Crippen LogP) is 3.91. The van der Waals surface area contributed by atoms with Crippen LogP contribution in [0.25, 0.3) is 11.1 Å². The number of carbonyl (C=O) groups excluding carboxylic acids is 1. The first kappa shape index (κ1) is 19.7. The minimum atomic E-state index is -0.249. The van der Waals surface area contributed by atoms with E-state index >= 15 is 0 Å². The smallest absolute Gasteiger partial charge is 0.269 e. The summed E-state index contributed by atoms with van der Waals surface area (Å²) >= 11 is 5.31. The second-order valence-electron chi connectivity index (χ2n) is 6.77. The van der Waals surface area contributed by atoms with Gasteiger partial charge in [-0.25, -0.2) is 0 Å². The summed E-state index contributed by atoms with van der Waals surface area (Å²) in [7, 11) is 3.15. The maximum Gasteiger partial charge on any atom is 0.269 e. The summed E-state index contributed by atoms with van der Waals surface area (Å²) in [5, 5.41) is 3.24. The van der Waals surface area contributed by atoms with E-state index in [1.807, 2.05) is 30.3 Å². The van der Waals surface area contributed by atoms with Gasteiger partial charge in [0.25, 0.3) is 5.91 Å². The predicted molar refractivity (Wildman–Crippen MR) is 121 cm³/mol. The number of anilines is 1. The minimum Gasteiger partial charge on any atom is -0.497 e. The number of amides is 1. The van der Waals surface area contributed by atoms with Gasteiger partial charge in [-0.05, 0) is 59.1 Å². The summed E-state index contributed by atoms with van der Waals surface area (Å²) in [4.78, 5) is 12.8. The van der Waals surface area contributed by atoms with E-state index in [2.05, 4.69) is 28.3 Å². The van der Waals surface area contributed by atoms with Gasteiger partial charge in [0.2, 0.25) is 0 Å². The number of thiocarbonyl (C=S) groups is 1. The number of rotatable bonds is 4. The Hall–Kier alpha value is -3.58. The zero-order valence-electron chi connectivity index (χ0n) is 16.6. The molecule has 0 aliphatic heterocycles. The number of hydrogen-bond donors (Lipinski definition) is 3. The molecular formula is C23H21N3O3S. The van der Waals surface area contributed by atoms with Crippen molar-refractivity contribution in [2.75, 3.05) is 19.5 Å². The molecule has 0 atom stereocenters. The molecule has 0 aromatic heterocycles. The average Bonchev–Trinajstić information content (AvgIpc) is 3.16. The molecule has 1 amide bonds. The largest absolute Gasteiger partial charge is 0.497 e. The molecule has 6 nitrogen and oxygen atoms in total. The number of benzene rings is 3. The Bertz CT molecular complexity index is 1130. The Balaban J connectivity index is 1.45. The molecule has 0 saturated heterocycles.